The van der Waals surface area contributed by atoms with E-state index in [0.29, 0.717) is 12.1 Å². The van der Waals surface area contributed by atoms with Gasteiger partial charge in [0.05, 0.1) is 11.1 Å². The smallest absolute Gasteiger partial charge is 0.199 e. The highest BCUT2D eigenvalue weighted by molar-refractivity contribution is 6.09. The molecule has 0 aliphatic carbocycles. The molecule has 0 radical (unpaired) electrons. The Morgan fingerprint density at radius 3 is 1.90 bits per heavy atom. The molecular weight excluding hydrogens is 286 g/mol. The quantitative estimate of drug-likeness (QED) is 0.356. The first-order valence-corrected chi connectivity index (χ1v) is 5.15. The van der Waals surface area contributed by atoms with Crippen LogP contribution in [0.4, 0.5) is 26.3 Å². The van der Waals surface area contributed by atoms with Gasteiger partial charge in [-0.15, -0.1) is 0 Å². The van der Waals surface area contributed by atoms with Crippen LogP contribution >= 0.6 is 0 Å². The Morgan fingerprint density at radius 1 is 0.650 bits per heavy atom. The summed E-state index contributed by atoms with van der Waals surface area (Å²) in [6.07, 6.45) is 0. The minimum atomic E-state index is -1.92. The van der Waals surface area contributed by atoms with Gasteiger partial charge in [-0.1, -0.05) is 0 Å². The van der Waals surface area contributed by atoms with Crippen LogP contribution in [0, 0.1) is 34.9 Å². The second-order valence-electron chi connectivity index (χ2n) is 3.80. The predicted octanol–water partition coefficient (Wildman–Crippen LogP) is 3.75. The molecule has 20 heavy (non-hydrogen) atoms. The minimum absolute atomic E-state index is 0.0976. The van der Waals surface area contributed by atoms with Crippen molar-refractivity contribution >= 4 is 5.78 Å². The monoisotopic (exact) mass is 290 g/mol. The highest BCUT2D eigenvalue weighted by Crippen LogP contribution is 2.21. The number of carbonyl (C=O) groups is 1. The van der Waals surface area contributed by atoms with Crippen molar-refractivity contribution < 1.29 is 31.1 Å². The number of hydrogen-bond donors (Lipinski definition) is 0. The van der Waals surface area contributed by atoms with Crippen LogP contribution in [0.1, 0.15) is 15.9 Å². The molecule has 2 aromatic rings. The van der Waals surface area contributed by atoms with Gasteiger partial charge in [0, 0.05) is 6.07 Å². The second-order valence-corrected chi connectivity index (χ2v) is 3.80. The first-order chi connectivity index (χ1) is 9.32. The molecule has 0 fully saturated rings. The third kappa shape index (κ3) is 2.26. The maximum Gasteiger partial charge on any atom is 0.199 e. The maximum absolute atomic E-state index is 13.4. The molecule has 2 rings (SSSR count). The molecule has 0 spiro atoms. The number of carbonyl (C=O) groups excluding carboxylic acids is 1. The molecule has 0 heterocycles. The van der Waals surface area contributed by atoms with Crippen LogP contribution in [0.15, 0.2) is 24.3 Å². The van der Waals surface area contributed by atoms with Gasteiger partial charge in [-0.3, -0.25) is 4.79 Å². The topological polar surface area (TPSA) is 17.1 Å². The highest BCUT2D eigenvalue weighted by Gasteiger charge is 2.23. The zero-order valence-electron chi connectivity index (χ0n) is 9.49. The number of rotatable bonds is 2. The molecule has 0 saturated carbocycles. The third-order valence-corrected chi connectivity index (χ3v) is 2.53. The number of benzene rings is 2. The van der Waals surface area contributed by atoms with Gasteiger partial charge in [-0.25, -0.2) is 26.3 Å². The van der Waals surface area contributed by atoms with Crippen molar-refractivity contribution in [1.29, 1.82) is 0 Å². The summed E-state index contributed by atoms with van der Waals surface area (Å²) in [7, 11) is 0. The lowest BCUT2D eigenvalue weighted by atomic mass is 10.0. The average Bonchev–Trinajstić information content (AvgIpc) is 2.40. The molecule has 0 bridgehead atoms. The fourth-order valence-electron chi connectivity index (χ4n) is 1.54. The summed E-state index contributed by atoms with van der Waals surface area (Å²) >= 11 is 0. The summed E-state index contributed by atoms with van der Waals surface area (Å²) in [6.45, 7) is 0. The number of ketones is 1. The normalized spacial score (nSPS) is 10.7. The maximum atomic E-state index is 13.4. The lowest BCUT2D eigenvalue weighted by Crippen LogP contribution is -2.10. The predicted molar refractivity (Wildman–Crippen MR) is 56.1 cm³/mol. The van der Waals surface area contributed by atoms with Crippen LogP contribution in [0.25, 0.3) is 0 Å². The Bertz CT molecular complexity index is 706. The van der Waals surface area contributed by atoms with E-state index >= 15 is 0 Å². The van der Waals surface area contributed by atoms with Gasteiger partial charge in [-0.2, -0.15) is 0 Å². The van der Waals surface area contributed by atoms with Crippen molar-refractivity contribution in [3.63, 3.8) is 0 Å². The molecule has 0 N–H and O–H groups in total. The summed E-state index contributed by atoms with van der Waals surface area (Å²) in [6, 6.07) is 1.36. The molecule has 0 aliphatic heterocycles. The van der Waals surface area contributed by atoms with E-state index in [-0.39, 0.29) is 12.1 Å². The van der Waals surface area contributed by atoms with Gasteiger partial charge in [0.1, 0.15) is 5.82 Å². The van der Waals surface area contributed by atoms with E-state index < -0.39 is 51.8 Å². The molecule has 0 saturated heterocycles. The Balaban J connectivity index is 2.58. The van der Waals surface area contributed by atoms with Crippen LogP contribution in [0.2, 0.25) is 0 Å². The average molecular weight is 290 g/mol. The Morgan fingerprint density at radius 2 is 1.25 bits per heavy atom. The van der Waals surface area contributed by atoms with Crippen molar-refractivity contribution in [3.05, 3.63) is 70.3 Å². The summed E-state index contributed by atoms with van der Waals surface area (Å²) < 4.78 is 78.1. The van der Waals surface area contributed by atoms with Crippen LogP contribution in [0.3, 0.4) is 0 Å². The standard InChI is InChI=1S/C13H4F6O/c14-7-2-1-5(11(18)12(7)19)13(20)6-3-9(16)10(17)4-8(6)15/h1-4H. The molecule has 7 heteroatoms. The van der Waals surface area contributed by atoms with Crippen molar-refractivity contribution in [2.24, 2.45) is 0 Å². The van der Waals surface area contributed by atoms with E-state index in [1.54, 1.807) is 0 Å². The van der Waals surface area contributed by atoms with E-state index in [1.165, 1.54) is 0 Å². The Kier molecular flexibility index (Phi) is 3.52. The largest absolute Gasteiger partial charge is 0.288 e. The second kappa shape index (κ2) is 4.99. The Labute approximate surface area is 108 Å². The van der Waals surface area contributed by atoms with Crippen LogP contribution in [-0.2, 0) is 0 Å². The minimum Gasteiger partial charge on any atom is -0.288 e. The first kappa shape index (κ1) is 14.1. The fraction of sp³-hybridized carbons (Fsp3) is 0. The van der Waals surface area contributed by atoms with Gasteiger partial charge in [0.2, 0.25) is 0 Å². The summed E-state index contributed by atoms with van der Waals surface area (Å²) in [4.78, 5) is 11.8. The zero-order valence-corrected chi connectivity index (χ0v) is 9.49. The van der Waals surface area contributed by atoms with Gasteiger partial charge in [0.15, 0.2) is 34.9 Å². The van der Waals surface area contributed by atoms with E-state index in [0.717, 1.165) is 0 Å². The number of halogens is 6. The van der Waals surface area contributed by atoms with Crippen LogP contribution < -0.4 is 0 Å². The fourth-order valence-corrected chi connectivity index (χ4v) is 1.54. The van der Waals surface area contributed by atoms with Crippen LogP contribution in [0.5, 0.6) is 0 Å². The molecule has 0 aromatic heterocycles. The van der Waals surface area contributed by atoms with E-state index in [9.17, 15) is 31.1 Å². The lowest BCUT2D eigenvalue weighted by molar-refractivity contribution is 0.102. The van der Waals surface area contributed by atoms with Gasteiger partial charge >= 0.3 is 0 Å². The lowest BCUT2D eigenvalue weighted by Gasteiger charge is -2.06. The molecular formula is C13H4F6O. The van der Waals surface area contributed by atoms with Crippen molar-refractivity contribution in [1.82, 2.24) is 0 Å². The van der Waals surface area contributed by atoms with E-state index in [2.05, 4.69) is 0 Å². The molecule has 104 valence electrons. The molecule has 0 atom stereocenters. The molecule has 0 unspecified atom stereocenters. The molecule has 1 nitrogen and oxygen atoms in total. The van der Waals surface area contributed by atoms with E-state index in [4.69, 9.17) is 0 Å². The Hall–Kier alpha value is -2.31. The van der Waals surface area contributed by atoms with E-state index in [1.807, 2.05) is 0 Å². The van der Waals surface area contributed by atoms with Crippen molar-refractivity contribution in [3.8, 4) is 0 Å². The van der Waals surface area contributed by atoms with Crippen molar-refractivity contribution in [2.75, 3.05) is 0 Å². The van der Waals surface area contributed by atoms with Gasteiger partial charge < -0.3 is 0 Å². The first-order valence-electron chi connectivity index (χ1n) is 5.15. The summed E-state index contributed by atoms with van der Waals surface area (Å²) in [5.41, 5.74) is -1.98. The van der Waals surface area contributed by atoms with Crippen LogP contribution in [-0.4, -0.2) is 5.78 Å². The SMILES string of the molecule is O=C(c1cc(F)c(F)cc1F)c1ccc(F)c(F)c1F. The van der Waals surface area contributed by atoms with Crippen molar-refractivity contribution in [2.45, 2.75) is 0 Å². The van der Waals surface area contributed by atoms with Gasteiger partial charge in [-0.05, 0) is 18.2 Å². The molecule has 2 aromatic carbocycles. The summed E-state index contributed by atoms with van der Waals surface area (Å²) in [5.74, 6) is -11.2. The highest BCUT2D eigenvalue weighted by atomic mass is 19.2. The van der Waals surface area contributed by atoms with Gasteiger partial charge in [0.25, 0.3) is 0 Å². The molecule has 0 aliphatic rings. The zero-order chi connectivity index (χ0) is 15.0. The molecule has 0 amide bonds. The third-order valence-electron chi connectivity index (χ3n) is 2.53. The summed E-state index contributed by atoms with van der Waals surface area (Å²) in [5, 5.41) is 0. The number of hydrogen-bond acceptors (Lipinski definition) is 1.